The van der Waals surface area contributed by atoms with Gasteiger partial charge in [-0.15, -0.1) is 11.8 Å². The molecule has 4 rings (SSSR count). The maximum Gasteiger partial charge on any atom is 0.341 e. The highest BCUT2D eigenvalue weighted by Gasteiger charge is 2.35. The number of aromatic nitrogens is 1. The Morgan fingerprint density at radius 2 is 1.67 bits per heavy atom. The van der Waals surface area contributed by atoms with Crippen molar-refractivity contribution in [1.29, 1.82) is 0 Å². The number of amides is 2. The molecule has 3 aromatic rings. The molecule has 0 bridgehead atoms. The predicted octanol–water partition coefficient (Wildman–Crippen LogP) is 3.99. The van der Waals surface area contributed by atoms with E-state index >= 15 is 0 Å². The Morgan fingerprint density at radius 3 is 2.30 bits per heavy atom. The number of hydrogen-bond acceptors (Lipinski definition) is 7. The van der Waals surface area contributed by atoms with Crippen LogP contribution in [0.3, 0.4) is 0 Å². The van der Waals surface area contributed by atoms with Crippen molar-refractivity contribution in [3.63, 3.8) is 0 Å². The Bertz CT molecular complexity index is 1100. The fraction of sp³-hybridized carbons (Fsp3) is 0.182. The van der Waals surface area contributed by atoms with Crippen LogP contribution in [0, 0.1) is 13.8 Å². The van der Waals surface area contributed by atoms with Gasteiger partial charge in [-0.3, -0.25) is 9.59 Å². The van der Waals surface area contributed by atoms with Crippen molar-refractivity contribution in [1.82, 2.24) is 10.1 Å². The van der Waals surface area contributed by atoms with E-state index in [9.17, 15) is 14.4 Å². The van der Waals surface area contributed by atoms with Gasteiger partial charge in [-0.25, -0.2) is 9.69 Å². The number of benzene rings is 2. The number of thioether (sulfide) groups is 1. The lowest BCUT2D eigenvalue weighted by Crippen LogP contribution is -2.33. The minimum atomic E-state index is -0.603. The average molecular weight is 422 g/mol. The Balaban J connectivity index is 1.45. The lowest BCUT2D eigenvalue weighted by Gasteiger charge is -2.15. The molecule has 1 aromatic heterocycles. The van der Waals surface area contributed by atoms with Crippen LogP contribution in [0.2, 0.25) is 0 Å². The largest absolute Gasteiger partial charge is 0.440 e. The van der Waals surface area contributed by atoms with E-state index in [1.54, 1.807) is 36.4 Å². The Labute approximate surface area is 177 Å². The zero-order chi connectivity index (χ0) is 21.3. The molecule has 0 fully saturated rings. The third-order valence-corrected chi connectivity index (χ3v) is 5.96. The summed E-state index contributed by atoms with van der Waals surface area (Å²) in [7, 11) is 0. The number of carbonyl (C=O) groups is 3. The van der Waals surface area contributed by atoms with Crippen LogP contribution in [-0.2, 0) is 10.5 Å². The second-order valence-corrected chi connectivity index (χ2v) is 7.75. The molecule has 1 aliphatic heterocycles. The molecule has 0 saturated heterocycles. The first-order valence-corrected chi connectivity index (χ1v) is 10.2. The molecule has 2 aromatic carbocycles. The lowest BCUT2D eigenvalue weighted by atomic mass is 10.1. The molecule has 0 N–H and O–H groups in total. The Morgan fingerprint density at radius 1 is 1.03 bits per heavy atom. The topological polar surface area (TPSA) is 89.7 Å². The van der Waals surface area contributed by atoms with Crippen LogP contribution in [0.25, 0.3) is 0 Å². The SMILES string of the molecule is Cc1noc(C)c1CSc1ccccc1C(=O)OCN1C(=O)c2ccccc2C1=O. The van der Waals surface area contributed by atoms with Gasteiger partial charge in [0.25, 0.3) is 11.8 Å². The summed E-state index contributed by atoms with van der Waals surface area (Å²) in [6, 6.07) is 13.6. The summed E-state index contributed by atoms with van der Waals surface area (Å²) in [5, 5.41) is 3.94. The van der Waals surface area contributed by atoms with E-state index in [2.05, 4.69) is 5.16 Å². The molecule has 1 aliphatic rings. The molecule has 30 heavy (non-hydrogen) atoms. The number of aryl methyl sites for hydroxylation is 2. The maximum atomic E-state index is 12.7. The van der Waals surface area contributed by atoms with Crippen molar-refractivity contribution in [2.45, 2.75) is 24.5 Å². The third-order valence-electron chi connectivity index (χ3n) is 4.86. The molecule has 152 valence electrons. The first-order chi connectivity index (χ1) is 14.5. The molecular weight excluding hydrogens is 404 g/mol. The van der Waals surface area contributed by atoms with Gasteiger partial charge in [0, 0.05) is 16.2 Å². The molecule has 2 amide bonds. The van der Waals surface area contributed by atoms with Crippen molar-refractivity contribution in [3.8, 4) is 0 Å². The van der Waals surface area contributed by atoms with Crippen molar-refractivity contribution in [2.24, 2.45) is 0 Å². The monoisotopic (exact) mass is 422 g/mol. The Hall–Kier alpha value is -3.39. The van der Waals surface area contributed by atoms with Gasteiger partial charge in [-0.2, -0.15) is 0 Å². The zero-order valence-electron chi connectivity index (χ0n) is 16.4. The molecule has 7 nitrogen and oxygen atoms in total. The number of nitrogens with zero attached hydrogens (tertiary/aromatic N) is 2. The van der Waals surface area contributed by atoms with Crippen LogP contribution in [0.15, 0.2) is 57.9 Å². The number of ether oxygens (including phenoxy) is 1. The summed E-state index contributed by atoms with van der Waals surface area (Å²) in [6.07, 6.45) is 0. The summed E-state index contributed by atoms with van der Waals surface area (Å²) in [5.41, 5.74) is 2.79. The van der Waals surface area contributed by atoms with Gasteiger partial charge in [0.1, 0.15) is 5.76 Å². The molecule has 0 radical (unpaired) electrons. The van der Waals surface area contributed by atoms with Crippen LogP contribution in [-0.4, -0.2) is 34.6 Å². The number of hydrogen-bond donors (Lipinski definition) is 0. The number of carbonyl (C=O) groups excluding carboxylic acids is 3. The molecule has 8 heteroatoms. The molecule has 2 heterocycles. The van der Waals surface area contributed by atoms with E-state index < -0.39 is 24.5 Å². The smallest absolute Gasteiger partial charge is 0.341 e. The van der Waals surface area contributed by atoms with E-state index in [1.807, 2.05) is 26.0 Å². The first-order valence-electron chi connectivity index (χ1n) is 9.23. The standard InChI is InChI=1S/C22H18N2O5S/c1-13-18(14(2)29-23-13)11-30-19-10-6-5-9-17(19)22(27)28-12-24-20(25)15-7-3-4-8-16(15)21(24)26/h3-10H,11-12H2,1-2H3. The summed E-state index contributed by atoms with van der Waals surface area (Å²) < 4.78 is 10.5. The van der Waals surface area contributed by atoms with E-state index in [-0.39, 0.29) is 0 Å². The predicted molar refractivity (Wildman–Crippen MR) is 109 cm³/mol. The quantitative estimate of drug-likeness (QED) is 0.337. The highest BCUT2D eigenvalue weighted by molar-refractivity contribution is 7.98. The van der Waals surface area contributed by atoms with Gasteiger partial charge in [-0.1, -0.05) is 29.4 Å². The van der Waals surface area contributed by atoms with Crippen LogP contribution < -0.4 is 0 Å². The van der Waals surface area contributed by atoms with Crippen molar-refractivity contribution in [2.75, 3.05) is 6.73 Å². The third kappa shape index (κ3) is 3.61. The summed E-state index contributed by atoms with van der Waals surface area (Å²) in [4.78, 5) is 39.2. The van der Waals surface area contributed by atoms with E-state index in [1.165, 1.54) is 11.8 Å². The number of rotatable bonds is 6. The van der Waals surface area contributed by atoms with Gasteiger partial charge in [-0.05, 0) is 38.1 Å². The molecular formula is C22H18N2O5S. The minimum Gasteiger partial charge on any atom is -0.440 e. The summed E-state index contributed by atoms with van der Waals surface area (Å²) in [5.74, 6) is -0.211. The molecule has 0 saturated carbocycles. The number of fused-ring (bicyclic) bond motifs is 1. The highest BCUT2D eigenvalue weighted by Crippen LogP contribution is 2.29. The van der Waals surface area contributed by atoms with Gasteiger partial charge in [0.15, 0.2) is 6.73 Å². The maximum absolute atomic E-state index is 12.7. The first kappa shape index (κ1) is 19.9. The normalized spacial score (nSPS) is 12.9. The molecule has 0 spiro atoms. The fourth-order valence-electron chi connectivity index (χ4n) is 3.18. The van der Waals surface area contributed by atoms with Crippen molar-refractivity contribution < 1.29 is 23.6 Å². The lowest BCUT2D eigenvalue weighted by molar-refractivity contribution is 0.0225. The number of imide groups is 1. The second kappa shape index (κ2) is 8.16. The summed E-state index contributed by atoms with van der Waals surface area (Å²) in [6.45, 7) is 3.28. The van der Waals surface area contributed by atoms with Crippen LogP contribution in [0.5, 0.6) is 0 Å². The van der Waals surface area contributed by atoms with E-state index in [0.29, 0.717) is 22.4 Å². The number of esters is 1. The molecule has 0 unspecified atom stereocenters. The molecule has 0 aliphatic carbocycles. The van der Waals surface area contributed by atoms with Crippen molar-refractivity contribution >= 4 is 29.5 Å². The van der Waals surface area contributed by atoms with Gasteiger partial charge >= 0.3 is 5.97 Å². The highest BCUT2D eigenvalue weighted by atomic mass is 32.2. The summed E-state index contributed by atoms with van der Waals surface area (Å²) >= 11 is 1.46. The van der Waals surface area contributed by atoms with E-state index in [0.717, 1.165) is 26.8 Å². The van der Waals surface area contributed by atoms with Crippen LogP contribution >= 0.6 is 11.8 Å². The van der Waals surface area contributed by atoms with Gasteiger partial charge in [0.2, 0.25) is 0 Å². The van der Waals surface area contributed by atoms with Crippen LogP contribution in [0.1, 0.15) is 48.1 Å². The van der Waals surface area contributed by atoms with E-state index in [4.69, 9.17) is 9.26 Å². The average Bonchev–Trinajstić information content (AvgIpc) is 3.21. The van der Waals surface area contributed by atoms with Gasteiger partial charge in [0.05, 0.1) is 22.4 Å². The zero-order valence-corrected chi connectivity index (χ0v) is 17.2. The molecule has 0 atom stereocenters. The van der Waals surface area contributed by atoms with Crippen molar-refractivity contribution in [3.05, 3.63) is 82.2 Å². The second-order valence-electron chi connectivity index (χ2n) is 6.73. The minimum absolute atomic E-state index is 0.314. The van der Waals surface area contributed by atoms with Crippen LogP contribution in [0.4, 0.5) is 0 Å². The van der Waals surface area contributed by atoms with Gasteiger partial charge < -0.3 is 9.26 Å². The Kier molecular flexibility index (Phi) is 5.41. The fourth-order valence-corrected chi connectivity index (χ4v) is 4.37.